The normalized spacial score (nSPS) is 17.8. The molecule has 0 spiro atoms. The van der Waals surface area contributed by atoms with Gasteiger partial charge in [-0.25, -0.2) is 0 Å². The van der Waals surface area contributed by atoms with Crippen molar-refractivity contribution < 1.29 is 19.4 Å². The van der Waals surface area contributed by atoms with Crippen LogP contribution in [0.4, 0.5) is 0 Å². The highest BCUT2D eigenvalue weighted by Crippen LogP contribution is 2.15. The van der Waals surface area contributed by atoms with Gasteiger partial charge in [-0.05, 0) is 22.4 Å². The van der Waals surface area contributed by atoms with E-state index in [0.717, 1.165) is 30.0 Å². The van der Waals surface area contributed by atoms with Crippen molar-refractivity contribution in [3.63, 3.8) is 0 Å². The highest BCUT2D eigenvalue weighted by molar-refractivity contribution is 5.86. The first kappa shape index (κ1) is 15.5. The molecule has 1 heterocycles. The van der Waals surface area contributed by atoms with E-state index in [9.17, 15) is 5.11 Å². The van der Waals surface area contributed by atoms with E-state index in [0.29, 0.717) is 6.42 Å². The van der Waals surface area contributed by atoms with E-state index in [1.54, 1.807) is 19.0 Å². The lowest BCUT2D eigenvalue weighted by Crippen LogP contribution is -2.24. The summed E-state index contributed by atoms with van der Waals surface area (Å²) in [5.74, 6) is 0.842. The second-order valence-electron chi connectivity index (χ2n) is 4.11. The van der Waals surface area contributed by atoms with Crippen LogP contribution in [-0.4, -0.2) is 42.4 Å². The van der Waals surface area contributed by atoms with E-state index in [2.05, 4.69) is 0 Å². The van der Waals surface area contributed by atoms with E-state index in [1.807, 2.05) is 38.1 Å². The van der Waals surface area contributed by atoms with Crippen molar-refractivity contribution in [2.45, 2.75) is 32.8 Å². The number of benzene rings is 1. The van der Waals surface area contributed by atoms with Gasteiger partial charge >= 0.3 is 0 Å². The van der Waals surface area contributed by atoms with Crippen LogP contribution in [0, 0.1) is 0 Å². The van der Waals surface area contributed by atoms with Crippen molar-refractivity contribution in [1.82, 2.24) is 0 Å². The molecule has 0 aliphatic carbocycles. The monoisotopic (exact) mass is 266 g/mol. The van der Waals surface area contributed by atoms with Crippen molar-refractivity contribution in [3.05, 3.63) is 29.8 Å². The van der Waals surface area contributed by atoms with E-state index in [1.165, 1.54) is 0 Å². The Bertz CT molecular complexity index is 412. The van der Waals surface area contributed by atoms with Crippen LogP contribution in [0.15, 0.2) is 24.3 Å². The van der Waals surface area contributed by atoms with Crippen LogP contribution in [0.5, 0.6) is 5.75 Å². The number of methoxy groups -OCH3 is 1. The van der Waals surface area contributed by atoms with Crippen LogP contribution < -0.4 is 4.74 Å². The maximum Gasteiger partial charge on any atom is 0.237 e. The third-order valence-electron chi connectivity index (χ3n) is 3.08. The Hall–Kier alpha value is -1.55. The van der Waals surface area contributed by atoms with Gasteiger partial charge in [0, 0.05) is 6.42 Å². The average molecular weight is 266 g/mol. The number of aliphatic hydroxyl groups is 1. The topological polar surface area (TPSA) is 41.7 Å². The van der Waals surface area contributed by atoms with Crippen LogP contribution in [0.2, 0.25) is 0 Å². The second-order valence-corrected chi connectivity index (χ2v) is 4.11. The van der Waals surface area contributed by atoms with Gasteiger partial charge in [0.2, 0.25) is 5.71 Å². The zero-order valence-corrected chi connectivity index (χ0v) is 12.2. The Balaban J connectivity index is 0.000000861. The Morgan fingerprint density at radius 3 is 2.37 bits per heavy atom. The Labute approximate surface area is 115 Å². The third-order valence-corrected chi connectivity index (χ3v) is 3.08. The molecule has 2 rings (SSSR count). The molecule has 0 amide bonds. The second kappa shape index (κ2) is 7.79. The summed E-state index contributed by atoms with van der Waals surface area (Å²) in [4.78, 5) is 5.22. The molecule has 1 aliphatic rings. The van der Waals surface area contributed by atoms with Gasteiger partial charge in [0.15, 0.2) is 6.54 Å². The van der Waals surface area contributed by atoms with Gasteiger partial charge in [-0.1, -0.05) is 26.0 Å². The molecule has 0 aromatic heterocycles. The summed E-state index contributed by atoms with van der Waals surface area (Å²) >= 11 is 0. The zero-order valence-electron chi connectivity index (χ0n) is 12.2. The summed E-state index contributed by atoms with van der Waals surface area (Å²) in [6, 6.07) is 7.86. The first-order chi connectivity index (χ1) is 9.24. The number of rotatable bonds is 4. The number of aliphatic hydroxyl groups excluding tert-OH is 1. The van der Waals surface area contributed by atoms with Crippen molar-refractivity contribution in [1.29, 1.82) is 0 Å². The van der Waals surface area contributed by atoms with Gasteiger partial charge in [0.25, 0.3) is 0 Å². The molecule has 1 atom stereocenters. The quantitative estimate of drug-likeness (QED) is 0.848. The van der Waals surface area contributed by atoms with E-state index in [-0.39, 0.29) is 0 Å². The molecule has 1 aliphatic heterocycles. The average Bonchev–Trinajstić information content (AvgIpc) is 2.83. The predicted octanol–water partition coefficient (Wildman–Crippen LogP) is 2.04. The summed E-state index contributed by atoms with van der Waals surface area (Å²) < 4.78 is 6.88. The minimum Gasteiger partial charge on any atom is -0.497 e. The fraction of sp³-hybridized carbons (Fsp3) is 0.533. The summed E-state index contributed by atoms with van der Waals surface area (Å²) in [7, 11) is 3.28. The fourth-order valence-corrected chi connectivity index (χ4v) is 2.08. The van der Waals surface area contributed by atoms with E-state index in [4.69, 9.17) is 9.57 Å². The van der Waals surface area contributed by atoms with Crippen LogP contribution in [0.25, 0.3) is 0 Å². The van der Waals surface area contributed by atoms with Crippen LogP contribution in [0.3, 0.4) is 0 Å². The molecule has 1 aromatic rings. The fourth-order valence-electron chi connectivity index (χ4n) is 2.08. The Kier molecular flexibility index (Phi) is 6.36. The van der Waals surface area contributed by atoms with Crippen molar-refractivity contribution in [2.75, 3.05) is 20.8 Å². The third kappa shape index (κ3) is 3.96. The summed E-state index contributed by atoms with van der Waals surface area (Å²) in [5, 5.41) is 9.87. The Morgan fingerprint density at radius 2 is 1.84 bits per heavy atom. The molecule has 19 heavy (non-hydrogen) atoms. The highest BCUT2D eigenvalue weighted by Gasteiger charge is 2.33. The summed E-state index contributed by atoms with van der Waals surface area (Å²) in [6.45, 7) is 4.75. The number of ether oxygens (including phenoxy) is 1. The van der Waals surface area contributed by atoms with Crippen LogP contribution >= 0.6 is 0 Å². The lowest BCUT2D eigenvalue weighted by atomic mass is 10.0. The molecular formula is C15H24NO3+. The molecule has 106 valence electrons. The molecule has 4 nitrogen and oxygen atoms in total. The SMILES string of the molecule is CC.COc1ccc(CC2=[N+](OC)CCC2O)cc1. The minimum absolute atomic E-state index is 0.392. The molecule has 0 bridgehead atoms. The lowest BCUT2D eigenvalue weighted by Gasteiger charge is -2.04. The molecule has 1 N–H and O–H groups in total. The maximum atomic E-state index is 9.87. The number of nitrogens with zero attached hydrogens (tertiary/aromatic N) is 1. The summed E-state index contributed by atoms with van der Waals surface area (Å²) in [5.41, 5.74) is 2.07. The predicted molar refractivity (Wildman–Crippen MR) is 75.8 cm³/mol. The van der Waals surface area contributed by atoms with E-state index < -0.39 is 6.10 Å². The largest absolute Gasteiger partial charge is 0.497 e. The van der Waals surface area contributed by atoms with Crippen molar-refractivity contribution in [3.8, 4) is 5.75 Å². The first-order valence-electron chi connectivity index (χ1n) is 6.73. The number of hydroxylamine groups is 1. The molecule has 1 aromatic carbocycles. The van der Waals surface area contributed by atoms with E-state index >= 15 is 0 Å². The first-order valence-corrected chi connectivity index (χ1v) is 6.73. The van der Waals surface area contributed by atoms with Gasteiger partial charge < -0.3 is 9.84 Å². The highest BCUT2D eigenvalue weighted by atomic mass is 16.7. The number of hydrogen-bond acceptors (Lipinski definition) is 3. The molecule has 0 saturated carbocycles. The summed E-state index contributed by atoms with van der Waals surface area (Å²) in [6.07, 6.45) is 1.05. The molecule has 0 radical (unpaired) electrons. The molecule has 0 fully saturated rings. The van der Waals surface area contributed by atoms with Gasteiger partial charge in [-0.3, -0.25) is 4.84 Å². The van der Waals surface area contributed by atoms with Crippen LogP contribution in [0.1, 0.15) is 25.8 Å². The Morgan fingerprint density at radius 1 is 1.21 bits per heavy atom. The number of hydrogen-bond donors (Lipinski definition) is 1. The lowest BCUT2D eigenvalue weighted by molar-refractivity contribution is -0.775. The minimum atomic E-state index is -0.392. The maximum absolute atomic E-state index is 9.87. The molecule has 1 unspecified atom stereocenters. The van der Waals surface area contributed by atoms with Crippen LogP contribution in [-0.2, 0) is 11.3 Å². The molecular weight excluding hydrogens is 242 g/mol. The molecule has 4 heteroatoms. The van der Waals surface area contributed by atoms with Gasteiger partial charge in [0.05, 0.1) is 13.5 Å². The van der Waals surface area contributed by atoms with Gasteiger partial charge in [-0.2, -0.15) is 0 Å². The standard InChI is InChI=1S/C13H18NO3.C2H6/c1-16-11-5-3-10(4-6-11)9-12-13(15)7-8-14(12)17-2;1-2/h3-6,13,15H,7-9H2,1-2H3;1-2H3/q+1;. The van der Waals surface area contributed by atoms with Gasteiger partial charge in [-0.15, -0.1) is 0 Å². The zero-order chi connectivity index (χ0) is 14.3. The van der Waals surface area contributed by atoms with Crippen molar-refractivity contribution in [2.24, 2.45) is 0 Å². The van der Waals surface area contributed by atoms with Gasteiger partial charge in [0.1, 0.15) is 19.0 Å². The van der Waals surface area contributed by atoms with Crippen molar-refractivity contribution >= 4 is 5.71 Å². The molecule has 0 saturated heterocycles. The smallest absolute Gasteiger partial charge is 0.237 e.